The van der Waals surface area contributed by atoms with Crippen LogP contribution in [0.2, 0.25) is 0 Å². The average molecular weight is 305 g/mol. The van der Waals surface area contributed by atoms with Crippen molar-refractivity contribution in [1.29, 1.82) is 0 Å². The molecule has 1 fully saturated rings. The Morgan fingerprint density at radius 3 is 2.57 bits per heavy atom. The van der Waals surface area contributed by atoms with Crippen molar-refractivity contribution in [3.63, 3.8) is 0 Å². The number of nitrogens with one attached hydrogen (secondary N) is 1. The van der Waals surface area contributed by atoms with Gasteiger partial charge in [0.05, 0.1) is 6.10 Å². The zero-order chi connectivity index (χ0) is 15.5. The number of rotatable bonds is 4. The molecule has 1 saturated carbocycles. The lowest BCUT2D eigenvalue weighted by Gasteiger charge is -2.28. The topological polar surface area (TPSA) is 56.3 Å². The van der Waals surface area contributed by atoms with Gasteiger partial charge in [0.25, 0.3) is 0 Å². The molecule has 1 aromatic rings. The smallest absolute Gasteiger partial charge is 0.433 e. The van der Waals surface area contributed by atoms with Crippen molar-refractivity contribution in [1.82, 2.24) is 9.97 Å². The fraction of sp³-hybridized carbons (Fsp3) is 0.692. The van der Waals surface area contributed by atoms with Gasteiger partial charge in [-0.1, -0.05) is 0 Å². The first-order chi connectivity index (χ1) is 9.92. The molecule has 1 N–H and O–H groups in total. The molecule has 0 bridgehead atoms. The van der Waals surface area contributed by atoms with Gasteiger partial charge in [-0.3, -0.25) is 0 Å². The van der Waals surface area contributed by atoms with E-state index in [1.54, 1.807) is 7.11 Å². The minimum absolute atomic E-state index is 0.0663. The molecule has 0 aliphatic heterocycles. The number of ether oxygens (including phenoxy) is 2. The van der Waals surface area contributed by atoms with Crippen LogP contribution in [0.3, 0.4) is 0 Å². The van der Waals surface area contributed by atoms with Gasteiger partial charge in [0, 0.05) is 26.6 Å². The lowest BCUT2D eigenvalue weighted by atomic mass is 9.95. The van der Waals surface area contributed by atoms with Crippen LogP contribution in [0.25, 0.3) is 0 Å². The highest BCUT2D eigenvalue weighted by molar-refractivity contribution is 5.31. The van der Waals surface area contributed by atoms with Crippen molar-refractivity contribution in [2.24, 2.45) is 0 Å². The molecule has 1 aliphatic rings. The third-order valence-corrected chi connectivity index (χ3v) is 3.42. The normalized spacial score (nSPS) is 22.9. The predicted octanol–water partition coefficient (Wildman–Crippen LogP) is 2.87. The van der Waals surface area contributed by atoms with Gasteiger partial charge in [-0.25, -0.2) is 4.98 Å². The summed E-state index contributed by atoms with van der Waals surface area (Å²) < 4.78 is 49.2. The van der Waals surface area contributed by atoms with E-state index in [9.17, 15) is 13.2 Å². The second kappa shape index (κ2) is 6.46. The maximum atomic E-state index is 12.8. The van der Waals surface area contributed by atoms with Gasteiger partial charge in [0.2, 0.25) is 11.8 Å². The van der Waals surface area contributed by atoms with Gasteiger partial charge in [-0.15, -0.1) is 0 Å². The largest absolute Gasteiger partial charge is 0.474 e. The zero-order valence-electron chi connectivity index (χ0n) is 11.9. The zero-order valence-corrected chi connectivity index (χ0v) is 11.9. The third kappa shape index (κ3) is 4.20. The molecule has 1 aromatic heterocycles. The number of methoxy groups -OCH3 is 1. The van der Waals surface area contributed by atoms with Crippen molar-refractivity contribution in [2.75, 3.05) is 19.5 Å². The highest BCUT2D eigenvalue weighted by Crippen LogP contribution is 2.31. The molecular formula is C13H18F3N3O2. The van der Waals surface area contributed by atoms with E-state index < -0.39 is 11.9 Å². The van der Waals surface area contributed by atoms with Crippen LogP contribution in [0.15, 0.2) is 6.07 Å². The summed E-state index contributed by atoms with van der Waals surface area (Å²) in [4.78, 5) is 7.32. The first-order valence-electron chi connectivity index (χ1n) is 6.76. The molecule has 118 valence electrons. The molecule has 2 atom stereocenters. The molecule has 2 rings (SSSR count). The Labute approximate surface area is 120 Å². The first-order valence-corrected chi connectivity index (χ1v) is 6.76. The molecule has 0 saturated heterocycles. The Bertz CT molecular complexity index is 482. The van der Waals surface area contributed by atoms with Crippen LogP contribution in [0.4, 0.5) is 19.1 Å². The first kappa shape index (κ1) is 15.8. The monoisotopic (exact) mass is 305 g/mol. The number of aromatic nitrogens is 2. The Morgan fingerprint density at radius 1 is 1.24 bits per heavy atom. The van der Waals surface area contributed by atoms with Crippen molar-refractivity contribution < 1.29 is 22.6 Å². The van der Waals surface area contributed by atoms with E-state index in [0.717, 1.165) is 25.3 Å². The molecule has 5 nitrogen and oxygen atoms in total. The van der Waals surface area contributed by atoms with Crippen molar-refractivity contribution in [3.8, 4) is 5.88 Å². The summed E-state index contributed by atoms with van der Waals surface area (Å²) in [5.41, 5.74) is -1.02. The summed E-state index contributed by atoms with van der Waals surface area (Å²) in [5.74, 6) is -0.178. The van der Waals surface area contributed by atoms with Crippen LogP contribution in [-0.2, 0) is 10.9 Å². The SMILES string of the molecule is CNc1nc(OC2CCCC(OC)C2)cc(C(F)(F)F)n1. The average Bonchev–Trinajstić information content (AvgIpc) is 2.46. The highest BCUT2D eigenvalue weighted by atomic mass is 19.4. The fourth-order valence-corrected chi connectivity index (χ4v) is 2.34. The third-order valence-electron chi connectivity index (χ3n) is 3.42. The summed E-state index contributed by atoms with van der Waals surface area (Å²) in [7, 11) is 3.08. The number of hydrogen-bond donors (Lipinski definition) is 1. The number of anilines is 1. The van der Waals surface area contributed by atoms with Gasteiger partial charge in [-0.2, -0.15) is 18.2 Å². The van der Waals surface area contributed by atoms with Gasteiger partial charge < -0.3 is 14.8 Å². The second-order valence-electron chi connectivity index (χ2n) is 4.93. The Kier molecular flexibility index (Phi) is 4.87. The number of nitrogens with zero attached hydrogens (tertiary/aromatic N) is 2. The molecule has 8 heteroatoms. The number of hydrogen-bond acceptors (Lipinski definition) is 5. The summed E-state index contributed by atoms with van der Waals surface area (Å²) >= 11 is 0. The molecule has 21 heavy (non-hydrogen) atoms. The van der Waals surface area contributed by atoms with Gasteiger partial charge in [0.15, 0.2) is 5.69 Å². The standard InChI is InChI=1S/C13H18F3N3O2/c1-17-12-18-10(13(14,15)16)7-11(19-12)21-9-5-3-4-8(6-9)20-2/h7-9H,3-6H2,1-2H3,(H,17,18,19). The Hall–Kier alpha value is -1.57. The van der Waals surface area contributed by atoms with Crippen molar-refractivity contribution in [3.05, 3.63) is 11.8 Å². The van der Waals surface area contributed by atoms with Crippen LogP contribution in [-0.4, -0.2) is 36.3 Å². The fourth-order valence-electron chi connectivity index (χ4n) is 2.34. The van der Waals surface area contributed by atoms with E-state index in [2.05, 4.69) is 15.3 Å². The predicted molar refractivity (Wildman–Crippen MR) is 70.3 cm³/mol. The summed E-state index contributed by atoms with van der Waals surface area (Å²) in [6.45, 7) is 0. The number of alkyl halides is 3. The lowest BCUT2D eigenvalue weighted by molar-refractivity contribution is -0.141. The van der Waals surface area contributed by atoms with Gasteiger partial charge in [0.1, 0.15) is 6.10 Å². The molecule has 0 radical (unpaired) electrons. The molecule has 0 aromatic carbocycles. The van der Waals surface area contributed by atoms with E-state index in [0.29, 0.717) is 6.42 Å². The van der Waals surface area contributed by atoms with Gasteiger partial charge in [-0.05, 0) is 19.3 Å². The van der Waals surface area contributed by atoms with Crippen molar-refractivity contribution in [2.45, 2.75) is 44.1 Å². The molecule has 0 spiro atoms. The van der Waals surface area contributed by atoms with Crippen molar-refractivity contribution >= 4 is 5.95 Å². The van der Waals surface area contributed by atoms with Crippen LogP contribution < -0.4 is 10.1 Å². The van der Waals surface area contributed by atoms with E-state index >= 15 is 0 Å². The Morgan fingerprint density at radius 2 is 1.95 bits per heavy atom. The quantitative estimate of drug-likeness (QED) is 0.927. The van der Waals surface area contributed by atoms with E-state index in [1.807, 2.05) is 0 Å². The van der Waals surface area contributed by atoms with E-state index in [-0.39, 0.29) is 24.0 Å². The summed E-state index contributed by atoms with van der Waals surface area (Å²) in [6.07, 6.45) is -1.36. The van der Waals surface area contributed by atoms with Crippen LogP contribution in [0, 0.1) is 0 Å². The second-order valence-corrected chi connectivity index (χ2v) is 4.93. The highest BCUT2D eigenvalue weighted by Gasteiger charge is 2.34. The van der Waals surface area contributed by atoms with E-state index in [4.69, 9.17) is 9.47 Å². The Balaban J connectivity index is 2.15. The maximum Gasteiger partial charge on any atom is 0.433 e. The van der Waals surface area contributed by atoms with Crippen LogP contribution in [0.5, 0.6) is 5.88 Å². The minimum atomic E-state index is -4.53. The number of halogens is 3. The van der Waals surface area contributed by atoms with Crippen LogP contribution >= 0.6 is 0 Å². The molecule has 1 aliphatic carbocycles. The maximum absolute atomic E-state index is 12.8. The molecule has 2 unspecified atom stereocenters. The molecule has 0 amide bonds. The van der Waals surface area contributed by atoms with Crippen LogP contribution in [0.1, 0.15) is 31.4 Å². The summed E-state index contributed by atoms with van der Waals surface area (Å²) in [5, 5.41) is 2.51. The molecule has 1 heterocycles. The van der Waals surface area contributed by atoms with E-state index in [1.165, 1.54) is 7.05 Å². The minimum Gasteiger partial charge on any atom is -0.474 e. The summed E-state index contributed by atoms with van der Waals surface area (Å²) in [6, 6.07) is 0.831. The molecular weight excluding hydrogens is 287 g/mol. The van der Waals surface area contributed by atoms with Gasteiger partial charge >= 0.3 is 6.18 Å². The lowest BCUT2D eigenvalue weighted by Crippen LogP contribution is -2.30.